The van der Waals surface area contributed by atoms with Crippen LogP contribution < -0.4 is 10.2 Å². The van der Waals surface area contributed by atoms with Crippen LogP contribution in [0.1, 0.15) is 45.4 Å². The van der Waals surface area contributed by atoms with E-state index >= 15 is 0 Å². The van der Waals surface area contributed by atoms with E-state index in [4.69, 9.17) is 0 Å². The van der Waals surface area contributed by atoms with Crippen molar-refractivity contribution in [3.05, 3.63) is 5.82 Å². The first-order chi connectivity index (χ1) is 11.3. The van der Waals surface area contributed by atoms with E-state index < -0.39 is 0 Å². The number of guanidine groups is 1. The fraction of sp³-hybridized carbons (Fsp3) is 0.812. The molecule has 0 radical (unpaired) electrons. The highest BCUT2D eigenvalue weighted by Crippen LogP contribution is 2.19. The van der Waals surface area contributed by atoms with Gasteiger partial charge in [0.15, 0.2) is 5.96 Å². The molecule has 1 aromatic rings. The predicted octanol–water partition coefficient (Wildman–Crippen LogP) is 3.00. The highest BCUT2D eigenvalue weighted by atomic mass is 127. The minimum atomic E-state index is 0. The van der Waals surface area contributed by atoms with Crippen molar-refractivity contribution in [2.24, 2.45) is 4.99 Å². The van der Waals surface area contributed by atoms with Gasteiger partial charge >= 0.3 is 0 Å². The van der Waals surface area contributed by atoms with Crippen LogP contribution in [0.3, 0.4) is 0 Å². The largest absolute Gasteiger partial charge is 0.356 e. The maximum Gasteiger partial charge on any atom is 0.205 e. The number of aryl methyl sites for hydroxylation is 1. The Morgan fingerprint density at radius 1 is 1.17 bits per heavy atom. The van der Waals surface area contributed by atoms with Gasteiger partial charge in [0.2, 0.25) is 5.13 Å². The summed E-state index contributed by atoms with van der Waals surface area (Å²) >= 11 is 1.52. The summed E-state index contributed by atoms with van der Waals surface area (Å²) in [4.78, 5) is 13.7. The Bertz CT molecular complexity index is 485. The van der Waals surface area contributed by atoms with E-state index in [0.29, 0.717) is 0 Å². The number of hydrogen-bond donors (Lipinski definition) is 1. The first kappa shape index (κ1) is 21.4. The van der Waals surface area contributed by atoms with Crippen molar-refractivity contribution in [1.29, 1.82) is 0 Å². The number of hydrogen-bond acceptors (Lipinski definition) is 5. The van der Waals surface area contributed by atoms with E-state index in [1.54, 1.807) is 0 Å². The highest BCUT2D eigenvalue weighted by Gasteiger charge is 2.21. The quantitative estimate of drug-likeness (QED) is 0.290. The fourth-order valence-electron chi connectivity index (χ4n) is 2.71. The summed E-state index contributed by atoms with van der Waals surface area (Å²) in [5.41, 5.74) is 0. The average molecular weight is 466 g/mol. The van der Waals surface area contributed by atoms with Gasteiger partial charge in [0.05, 0.1) is 0 Å². The monoisotopic (exact) mass is 466 g/mol. The van der Waals surface area contributed by atoms with Crippen LogP contribution in [0.2, 0.25) is 0 Å². The number of halogens is 1. The van der Waals surface area contributed by atoms with Gasteiger partial charge in [0.25, 0.3) is 0 Å². The minimum absolute atomic E-state index is 0. The molecule has 1 aromatic heterocycles. The molecule has 8 heteroatoms. The van der Waals surface area contributed by atoms with Crippen LogP contribution in [-0.2, 0) is 6.42 Å². The highest BCUT2D eigenvalue weighted by molar-refractivity contribution is 14.0. The molecule has 0 unspecified atom stereocenters. The summed E-state index contributed by atoms with van der Waals surface area (Å²) in [7, 11) is 1.87. The summed E-state index contributed by atoms with van der Waals surface area (Å²) < 4.78 is 4.38. The SMILES string of the molecule is CCCCCCNC(=NC)N1CCN(c2nc(CC)ns2)CC1.I. The third-order valence-corrected chi connectivity index (χ3v) is 4.96. The Balaban J connectivity index is 0.00000288. The molecule has 138 valence electrons. The molecule has 0 bridgehead atoms. The molecule has 1 fully saturated rings. The van der Waals surface area contributed by atoms with Crippen molar-refractivity contribution in [1.82, 2.24) is 19.6 Å². The molecular weight excluding hydrogens is 435 g/mol. The van der Waals surface area contributed by atoms with Crippen molar-refractivity contribution >= 4 is 46.6 Å². The third-order valence-electron chi connectivity index (χ3n) is 4.15. The lowest BCUT2D eigenvalue weighted by Crippen LogP contribution is -2.52. The summed E-state index contributed by atoms with van der Waals surface area (Å²) in [5, 5.41) is 4.56. The molecule has 0 aliphatic carbocycles. The zero-order valence-electron chi connectivity index (χ0n) is 15.1. The molecule has 0 aromatic carbocycles. The molecule has 1 aliphatic heterocycles. The van der Waals surface area contributed by atoms with Crippen molar-refractivity contribution in [2.45, 2.75) is 46.0 Å². The standard InChI is InChI=1S/C16H30N6S.HI/c1-4-6-7-8-9-18-15(17-3)21-10-12-22(13-11-21)16-19-14(5-2)20-23-16;/h4-13H2,1-3H3,(H,17,18);1H. The van der Waals surface area contributed by atoms with Gasteiger partial charge < -0.3 is 15.1 Å². The second-order valence-electron chi connectivity index (χ2n) is 5.86. The molecule has 24 heavy (non-hydrogen) atoms. The molecule has 6 nitrogen and oxygen atoms in total. The predicted molar refractivity (Wildman–Crippen MR) is 114 cm³/mol. The molecule has 0 atom stereocenters. The first-order valence-electron chi connectivity index (χ1n) is 8.81. The van der Waals surface area contributed by atoms with E-state index in [9.17, 15) is 0 Å². The van der Waals surface area contributed by atoms with Crippen molar-refractivity contribution in [3.63, 3.8) is 0 Å². The van der Waals surface area contributed by atoms with Gasteiger partial charge in [-0.25, -0.2) is 4.98 Å². The molecule has 0 amide bonds. The molecule has 0 saturated carbocycles. The average Bonchev–Trinajstić information content (AvgIpc) is 3.08. The van der Waals surface area contributed by atoms with Gasteiger partial charge in [-0.2, -0.15) is 4.37 Å². The molecule has 1 N–H and O–H groups in total. The van der Waals surface area contributed by atoms with Crippen LogP contribution in [0.5, 0.6) is 0 Å². The van der Waals surface area contributed by atoms with Gasteiger partial charge in [-0.3, -0.25) is 4.99 Å². The number of unbranched alkanes of at least 4 members (excludes halogenated alkanes) is 3. The number of anilines is 1. The van der Waals surface area contributed by atoms with Crippen LogP contribution in [-0.4, -0.2) is 60.0 Å². The summed E-state index contributed by atoms with van der Waals surface area (Å²) in [6.07, 6.45) is 6.02. The normalized spacial score (nSPS) is 15.4. The Hall–Kier alpha value is -0.640. The fourth-order valence-corrected chi connectivity index (χ4v) is 3.51. The number of aromatic nitrogens is 2. The number of nitrogens with one attached hydrogen (secondary N) is 1. The maximum absolute atomic E-state index is 4.59. The summed E-state index contributed by atoms with van der Waals surface area (Å²) in [6, 6.07) is 0. The van der Waals surface area contributed by atoms with Gasteiger partial charge in [-0.15, -0.1) is 24.0 Å². The maximum atomic E-state index is 4.59. The van der Waals surface area contributed by atoms with Crippen molar-refractivity contribution in [2.75, 3.05) is 44.7 Å². The topological polar surface area (TPSA) is 56.7 Å². The van der Waals surface area contributed by atoms with Gasteiger partial charge in [-0.1, -0.05) is 33.1 Å². The van der Waals surface area contributed by atoms with Crippen molar-refractivity contribution < 1.29 is 0 Å². The Morgan fingerprint density at radius 2 is 1.92 bits per heavy atom. The second kappa shape index (κ2) is 11.8. The van der Waals surface area contributed by atoms with E-state index in [-0.39, 0.29) is 24.0 Å². The van der Waals surface area contributed by atoms with Gasteiger partial charge in [-0.05, 0) is 6.42 Å². The summed E-state index contributed by atoms with van der Waals surface area (Å²) in [5.74, 6) is 1.99. The first-order valence-corrected chi connectivity index (χ1v) is 9.59. The lowest BCUT2D eigenvalue weighted by molar-refractivity contribution is 0.372. The van der Waals surface area contributed by atoms with E-state index in [2.05, 4.69) is 43.3 Å². The second-order valence-corrected chi connectivity index (χ2v) is 6.59. The molecular formula is C16H31IN6S. The molecule has 2 rings (SSSR count). The van der Waals surface area contributed by atoms with Crippen LogP contribution in [0.4, 0.5) is 5.13 Å². The number of piperazine rings is 1. The molecule has 0 spiro atoms. The van der Waals surface area contributed by atoms with Crippen LogP contribution in [0, 0.1) is 0 Å². The lowest BCUT2D eigenvalue weighted by Gasteiger charge is -2.36. The van der Waals surface area contributed by atoms with Crippen molar-refractivity contribution in [3.8, 4) is 0 Å². The zero-order chi connectivity index (χ0) is 16.5. The van der Waals surface area contributed by atoms with Crippen LogP contribution in [0.25, 0.3) is 0 Å². The molecule has 1 aliphatic rings. The van der Waals surface area contributed by atoms with Crippen LogP contribution in [0.15, 0.2) is 4.99 Å². The number of nitrogens with zero attached hydrogens (tertiary/aromatic N) is 5. The van der Waals surface area contributed by atoms with E-state index in [1.807, 2.05) is 7.05 Å². The number of aliphatic imine (C=N–C) groups is 1. The van der Waals surface area contributed by atoms with E-state index in [0.717, 1.165) is 56.1 Å². The van der Waals surface area contributed by atoms with Gasteiger partial charge in [0, 0.05) is 57.7 Å². The molecule has 1 saturated heterocycles. The van der Waals surface area contributed by atoms with Crippen LogP contribution >= 0.6 is 35.5 Å². The minimum Gasteiger partial charge on any atom is -0.356 e. The number of rotatable bonds is 7. The van der Waals surface area contributed by atoms with Gasteiger partial charge in [0.1, 0.15) is 5.82 Å². The zero-order valence-corrected chi connectivity index (χ0v) is 18.3. The van der Waals surface area contributed by atoms with E-state index in [1.165, 1.54) is 37.2 Å². The lowest BCUT2D eigenvalue weighted by atomic mass is 10.2. The molecule has 2 heterocycles. The Kier molecular flexibility index (Phi) is 10.6. The summed E-state index contributed by atoms with van der Waals surface area (Å²) in [6.45, 7) is 9.28. The Labute approximate surface area is 167 Å². The third kappa shape index (κ3) is 6.34. The Morgan fingerprint density at radius 3 is 2.50 bits per heavy atom. The smallest absolute Gasteiger partial charge is 0.205 e.